The van der Waals surface area contributed by atoms with Crippen molar-refractivity contribution in [3.05, 3.63) is 71.7 Å². The number of carbonyl (C=O) groups is 2. The lowest BCUT2D eigenvalue weighted by Gasteiger charge is -2.24. The number of aromatic nitrogens is 2. The van der Waals surface area contributed by atoms with E-state index in [0.717, 1.165) is 23.4 Å². The summed E-state index contributed by atoms with van der Waals surface area (Å²) in [5, 5.41) is 11.3. The van der Waals surface area contributed by atoms with Crippen LogP contribution in [0.5, 0.6) is 0 Å². The highest BCUT2D eigenvalue weighted by Gasteiger charge is 2.30. The van der Waals surface area contributed by atoms with Crippen molar-refractivity contribution in [1.29, 1.82) is 0 Å². The van der Waals surface area contributed by atoms with Crippen molar-refractivity contribution >= 4 is 22.0 Å². The van der Waals surface area contributed by atoms with Crippen LogP contribution >= 0.6 is 0 Å². The van der Waals surface area contributed by atoms with Crippen LogP contribution in [0.4, 0.5) is 13.6 Å². The molecule has 3 rings (SSSR count). The number of ether oxygens (including phenoxy) is 1. The average Bonchev–Trinajstić information content (AvgIpc) is 3.18. The topological polar surface area (TPSA) is 131 Å². The van der Waals surface area contributed by atoms with E-state index in [1.165, 1.54) is 37.4 Å². The third kappa shape index (κ3) is 6.34. The standard InChI is InChI=1S/C25H28F2N4O6S/c1-25(2,3)37-24(34)30(4)14-17-15-31(21(20(17)26)19-9-6-10-28-22(19)27)38(35,36)18-8-5-7-16(13-18)23(33)29-11-12-32/h5-10,13,15,32H,11-12,14H2,1-4H3,(H,29,33). The molecule has 2 heterocycles. The molecule has 3 aromatic rings. The van der Waals surface area contributed by atoms with Gasteiger partial charge in [-0.3, -0.25) is 4.79 Å². The fourth-order valence-electron chi connectivity index (χ4n) is 3.45. The molecule has 0 saturated carbocycles. The van der Waals surface area contributed by atoms with Gasteiger partial charge in [0, 0.05) is 37.1 Å². The summed E-state index contributed by atoms with van der Waals surface area (Å²) in [5.74, 6) is -2.81. The van der Waals surface area contributed by atoms with Crippen molar-refractivity contribution in [3.63, 3.8) is 0 Å². The highest BCUT2D eigenvalue weighted by atomic mass is 32.2. The van der Waals surface area contributed by atoms with E-state index in [2.05, 4.69) is 10.3 Å². The molecule has 0 aliphatic heterocycles. The first-order valence-corrected chi connectivity index (χ1v) is 12.9. The number of aliphatic hydroxyl groups is 1. The van der Waals surface area contributed by atoms with E-state index in [1.54, 1.807) is 20.8 Å². The molecule has 2 N–H and O–H groups in total. The van der Waals surface area contributed by atoms with Crippen LogP contribution in [0, 0.1) is 11.8 Å². The molecule has 0 fully saturated rings. The van der Waals surface area contributed by atoms with Crippen molar-refractivity contribution in [2.75, 3.05) is 20.2 Å². The first kappa shape index (κ1) is 28.7. The van der Waals surface area contributed by atoms with E-state index in [4.69, 9.17) is 9.84 Å². The molecular weight excluding hydrogens is 522 g/mol. The summed E-state index contributed by atoms with van der Waals surface area (Å²) in [6.45, 7) is 4.23. The fraction of sp³-hybridized carbons (Fsp3) is 0.320. The molecule has 204 valence electrons. The Balaban J connectivity index is 2.13. The van der Waals surface area contributed by atoms with Crippen LogP contribution in [-0.4, -0.2) is 65.2 Å². The Kier molecular flexibility index (Phi) is 8.52. The molecule has 0 bridgehead atoms. The maximum absolute atomic E-state index is 15.8. The van der Waals surface area contributed by atoms with Gasteiger partial charge in [-0.25, -0.2) is 26.6 Å². The maximum Gasteiger partial charge on any atom is 0.410 e. The average molecular weight is 551 g/mol. The number of rotatable bonds is 8. The number of hydrogen-bond donors (Lipinski definition) is 2. The second kappa shape index (κ2) is 11.3. The number of nitrogens with one attached hydrogen (secondary N) is 1. The van der Waals surface area contributed by atoms with E-state index in [1.807, 2.05) is 0 Å². The summed E-state index contributed by atoms with van der Waals surface area (Å²) in [7, 11) is -3.23. The summed E-state index contributed by atoms with van der Waals surface area (Å²) in [6, 6.07) is 7.46. The van der Waals surface area contributed by atoms with Gasteiger partial charge in [0.15, 0.2) is 5.82 Å². The fourth-order valence-corrected chi connectivity index (χ4v) is 4.89. The zero-order chi connectivity index (χ0) is 28.3. The van der Waals surface area contributed by atoms with Crippen LogP contribution in [0.2, 0.25) is 0 Å². The maximum atomic E-state index is 15.8. The van der Waals surface area contributed by atoms with Crippen LogP contribution in [-0.2, 0) is 21.3 Å². The molecule has 0 atom stereocenters. The van der Waals surface area contributed by atoms with Crippen LogP contribution < -0.4 is 5.32 Å². The molecule has 2 aromatic heterocycles. The first-order chi connectivity index (χ1) is 17.8. The van der Waals surface area contributed by atoms with Gasteiger partial charge in [-0.1, -0.05) is 6.07 Å². The van der Waals surface area contributed by atoms with Gasteiger partial charge >= 0.3 is 6.09 Å². The second-order valence-corrected chi connectivity index (χ2v) is 11.1. The normalized spacial score (nSPS) is 11.8. The van der Waals surface area contributed by atoms with E-state index < -0.39 is 50.6 Å². The lowest BCUT2D eigenvalue weighted by Crippen LogP contribution is -2.33. The van der Waals surface area contributed by atoms with Crippen molar-refractivity contribution in [3.8, 4) is 11.3 Å². The number of halogens is 2. The smallest absolute Gasteiger partial charge is 0.410 e. The minimum Gasteiger partial charge on any atom is -0.444 e. The molecule has 38 heavy (non-hydrogen) atoms. The molecule has 0 unspecified atom stereocenters. The molecule has 0 aliphatic rings. The number of nitrogens with zero attached hydrogens (tertiary/aromatic N) is 3. The Hall–Kier alpha value is -3.84. The molecule has 1 aromatic carbocycles. The molecular formula is C25H28F2N4O6S. The van der Waals surface area contributed by atoms with Gasteiger partial charge in [0.1, 0.15) is 11.3 Å². The number of aliphatic hydroxyl groups excluding tert-OH is 1. The molecule has 0 spiro atoms. The van der Waals surface area contributed by atoms with E-state index in [9.17, 15) is 22.4 Å². The molecule has 2 amide bonds. The Bertz CT molecular complexity index is 1450. The van der Waals surface area contributed by atoms with E-state index >= 15 is 4.39 Å². The summed E-state index contributed by atoms with van der Waals surface area (Å²) in [4.78, 5) is 28.9. The predicted molar refractivity (Wildman–Crippen MR) is 134 cm³/mol. The van der Waals surface area contributed by atoms with Crippen molar-refractivity contribution in [1.82, 2.24) is 19.2 Å². The van der Waals surface area contributed by atoms with Crippen molar-refractivity contribution in [2.45, 2.75) is 37.8 Å². The summed E-state index contributed by atoms with van der Waals surface area (Å²) in [5.41, 5.74) is -2.12. The van der Waals surface area contributed by atoms with Gasteiger partial charge < -0.3 is 20.1 Å². The Labute approximate surface area is 218 Å². The molecule has 10 nitrogen and oxygen atoms in total. The van der Waals surface area contributed by atoms with Crippen LogP contribution in [0.25, 0.3) is 11.3 Å². The van der Waals surface area contributed by atoms with Gasteiger partial charge in [0.05, 0.1) is 23.6 Å². The van der Waals surface area contributed by atoms with E-state index in [-0.39, 0.29) is 35.7 Å². The zero-order valence-electron chi connectivity index (χ0n) is 21.2. The molecule has 0 aliphatic carbocycles. The van der Waals surface area contributed by atoms with Crippen molar-refractivity contribution < 1.29 is 36.6 Å². The van der Waals surface area contributed by atoms with E-state index in [0.29, 0.717) is 3.97 Å². The second-order valence-electron chi connectivity index (χ2n) is 9.30. The Morgan fingerprint density at radius 1 is 1.18 bits per heavy atom. The number of hydrogen-bond acceptors (Lipinski definition) is 7. The minimum absolute atomic E-state index is 0.0221. The summed E-state index contributed by atoms with van der Waals surface area (Å²) in [6.07, 6.45) is 1.30. The molecule has 0 saturated heterocycles. The van der Waals surface area contributed by atoms with Crippen LogP contribution in [0.15, 0.2) is 53.7 Å². The monoisotopic (exact) mass is 550 g/mol. The Morgan fingerprint density at radius 3 is 2.53 bits per heavy atom. The van der Waals surface area contributed by atoms with Gasteiger partial charge in [-0.15, -0.1) is 0 Å². The number of carbonyl (C=O) groups excluding carboxylic acids is 2. The highest BCUT2D eigenvalue weighted by Crippen LogP contribution is 2.32. The molecule has 13 heteroatoms. The predicted octanol–water partition coefficient (Wildman–Crippen LogP) is 3.15. The third-order valence-electron chi connectivity index (χ3n) is 5.16. The number of amides is 2. The largest absolute Gasteiger partial charge is 0.444 e. The minimum atomic E-state index is -4.58. The van der Waals surface area contributed by atoms with Gasteiger partial charge in [-0.05, 0) is 51.1 Å². The lowest BCUT2D eigenvalue weighted by molar-refractivity contribution is 0.0283. The highest BCUT2D eigenvalue weighted by molar-refractivity contribution is 7.90. The molecule has 0 radical (unpaired) electrons. The van der Waals surface area contributed by atoms with Crippen molar-refractivity contribution in [2.24, 2.45) is 0 Å². The summed E-state index contributed by atoms with van der Waals surface area (Å²) < 4.78 is 63.6. The zero-order valence-corrected chi connectivity index (χ0v) is 22.1. The van der Waals surface area contributed by atoms with Crippen LogP contribution in [0.1, 0.15) is 36.7 Å². The number of benzene rings is 1. The number of pyridine rings is 1. The summed E-state index contributed by atoms with van der Waals surface area (Å²) >= 11 is 0. The third-order valence-corrected chi connectivity index (χ3v) is 6.82. The van der Waals surface area contributed by atoms with Gasteiger partial charge in [0.25, 0.3) is 15.9 Å². The van der Waals surface area contributed by atoms with Crippen LogP contribution in [0.3, 0.4) is 0 Å². The first-order valence-electron chi connectivity index (χ1n) is 11.5. The lowest BCUT2D eigenvalue weighted by atomic mass is 10.1. The Morgan fingerprint density at radius 2 is 1.89 bits per heavy atom. The SMILES string of the molecule is CN(Cc1cn(S(=O)(=O)c2cccc(C(=O)NCCO)c2)c(-c2cccnc2F)c1F)C(=O)OC(C)(C)C. The quantitative estimate of drug-likeness (QED) is 0.412. The van der Waals surface area contributed by atoms with Gasteiger partial charge in [-0.2, -0.15) is 4.39 Å². The van der Waals surface area contributed by atoms with Gasteiger partial charge in [0.2, 0.25) is 5.95 Å².